The quantitative estimate of drug-likeness (QED) is 0.307. The third-order valence-corrected chi connectivity index (χ3v) is 2.60. The Morgan fingerprint density at radius 3 is 2.32 bits per heavy atom. The summed E-state index contributed by atoms with van der Waals surface area (Å²) in [6.07, 6.45) is -2.18. The molecule has 112 valence electrons. The van der Waals surface area contributed by atoms with E-state index < -0.39 is 38.7 Å². The molecule has 0 aromatic carbocycles. The van der Waals surface area contributed by atoms with Crippen molar-refractivity contribution in [2.45, 2.75) is 26.9 Å². The summed E-state index contributed by atoms with van der Waals surface area (Å²) in [6.45, 7) is 4.27. The average molecular weight is 297 g/mol. The van der Waals surface area contributed by atoms with Crippen LogP contribution in [0.2, 0.25) is 0 Å². The van der Waals surface area contributed by atoms with E-state index in [1.165, 1.54) is 0 Å². The van der Waals surface area contributed by atoms with Gasteiger partial charge in [0.25, 0.3) is 0 Å². The van der Waals surface area contributed by atoms with Crippen LogP contribution in [0, 0.1) is 5.41 Å². The Hall–Kier alpha value is -0.950. The lowest BCUT2D eigenvalue weighted by atomic mass is 9.98. The third-order valence-electron chi connectivity index (χ3n) is 1.85. The first kappa shape index (κ1) is 18.0. The van der Waals surface area contributed by atoms with Crippen LogP contribution < -0.4 is 5.32 Å². The summed E-state index contributed by atoms with van der Waals surface area (Å²) < 4.78 is 9.23. The normalized spacial score (nSPS) is 13.0. The zero-order valence-electron chi connectivity index (χ0n) is 11.1. The number of aliphatic hydroxyl groups excluding tert-OH is 1. The second-order valence-corrected chi connectivity index (χ2v) is 5.93. The SMILES string of the molecule is CC(C)(C)C(=O)OCOC(=O)NC[C@H](O)CP(O)O. The molecule has 1 amide bonds. The lowest BCUT2D eigenvalue weighted by Gasteiger charge is -2.16. The number of ether oxygens (including phenoxy) is 2. The highest BCUT2D eigenvalue weighted by atomic mass is 31.2. The van der Waals surface area contributed by atoms with Crippen molar-refractivity contribution in [3.8, 4) is 0 Å². The largest absolute Gasteiger partial charge is 0.427 e. The van der Waals surface area contributed by atoms with Gasteiger partial charge in [0.2, 0.25) is 6.79 Å². The number of amides is 1. The summed E-state index contributed by atoms with van der Waals surface area (Å²) in [7, 11) is -2.21. The van der Waals surface area contributed by atoms with E-state index in [-0.39, 0.29) is 12.7 Å². The number of aliphatic hydroxyl groups is 1. The van der Waals surface area contributed by atoms with Crippen LogP contribution in [0.25, 0.3) is 0 Å². The Morgan fingerprint density at radius 2 is 1.84 bits per heavy atom. The number of esters is 1. The molecule has 8 nitrogen and oxygen atoms in total. The monoisotopic (exact) mass is 297 g/mol. The number of carbonyl (C=O) groups excluding carboxylic acids is 2. The fourth-order valence-electron chi connectivity index (χ4n) is 0.858. The van der Waals surface area contributed by atoms with Gasteiger partial charge in [-0.05, 0) is 20.8 Å². The summed E-state index contributed by atoms with van der Waals surface area (Å²) in [6, 6.07) is 0. The molecule has 0 fully saturated rings. The van der Waals surface area contributed by atoms with E-state index in [0.29, 0.717) is 0 Å². The lowest BCUT2D eigenvalue weighted by Crippen LogP contribution is -2.35. The molecule has 9 heteroatoms. The maximum Gasteiger partial charge on any atom is 0.410 e. The molecule has 0 bridgehead atoms. The fraction of sp³-hybridized carbons (Fsp3) is 0.800. The van der Waals surface area contributed by atoms with Gasteiger partial charge >= 0.3 is 12.1 Å². The van der Waals surface area contributed by atoms with Crippen LogP contribution in [0.4, 0.5) is 4.79 Å². The molecule has 0 aliphatic carbocycles. The highest BCUT2D eigenvalue weighted by molar-refractivity contribution is 7.45. The summed E-state index contributed by atoms with van der Waals surface area (Å²) in [5.41, 5.74) is -0.685. The minimum Gasteiger partial charge on any atom is -0.427 e. The van der Waals surface area contributed by atoms with E-state index in [1.54, 1.807) is 20.8 Å². The van der Waals surface area contributed by atoms with Gasteiger partial charge in [0.05, 0.1) is 11.5 Å². The predicted molar refractivity (Wildman–Crippen MR) is 67.1 cm³/mol. The smallest absolute Gasteiger partial charge is 0.410 e. The van der Waals surface area contributed by atoms with Gasteiger partial charge in [-0.1, -0.05) is 0 Å². The van der Waals surface area contributed by atoms with Gasteiger partial charge in [-0.15, -0.1) is 0 Å². The van der Waals surface area contributed by atoms with E-state index in [0.717, 1.165) is 0 Å². The number of hydrogen-bond acceptors (Lipinski definition) is 7. The predicted octanol–water partition coefficient (Wildman–Crippen LogP) is -0.0832. The molecule has 0 heterocycles. The molecule has 0 spiro atoms. The standard InChI is InChI=1S/C10H20NO7P/c1-10(2,3)8(13)17-6-18-9(14)11-4-7(12)5-19(15)16/h7,12,15-16H,4-6H2,1-3H3,(H,11,14)/t7-/m0/s1. The van der Waals surface area contributed by atoms with Crippen molar-refractivity contribution >= 4 is 20.4 Å². The maximum absolute atomic E-state index is 11.3. The average Bonchev–Trinajstić information content (AvgIpc) is 2.24. The van der Waals surface area contributed by atoms with Crippen molar-refractivity contribution < 1.29 is 34.0 Å². The molecule has 19 heavy (non-hydrogen) atoms. The van der Waals surface area contributed by atoms with Crippen LogP contribution in [-0.4, -0.2) is 52.6 Å². The topological polar surface area (TPSA) is 125 Å². The van der Waals surface area contributed by atoms with Gasteiger partial charge in [0.15, 0.2) is 8.38 Å². The molecule has 0 aromatic heterocycles. The Labute approximate surface area is 112 Å². The van der Waals surface area contributed by atoms with Gasteiger partial charge in [-0.25, -0.2) is 4.79 Å². The first-order chi connectivity index (χ1) is 8.62. The third kappa shape index (κ3) is 9.61. The van der Waals surface area contributed by atoms with Crippen LogP contribution in [0.1, 0.15) is 20.8 Å². The molecule has 0 saturated carbocycles. The van der Waals surface area contributed by atoms with Crippen molar-refractivity contribution in [1.82, 2.24) is 5.32 Å². The first-order valence-corrected chi connectivity index (χ1v) is 6.97. The number of hydrogen-bond donors (Lipinski definition) is 4. The molecule has 0 aromatic rings. The lowest BCUT2D eigenvalue weighted by molar-refractivity contribution is -0.161. The van der Waals surface area contributed by atoms with E-state index in [2.05, 4.69) is 14.8 Å². The maximum atomic E-state index is 11.3. The van der Waals surface area contributed by atoms with Crippen LogP contribution in [-0.2, 0) is 14.3 Å². The zero-order valence-corrected chi connectivity index (χ0v) is 12.0. The number of rotatable bonds is 6. The zero-order chi connectivity index (χ0) is 15.1. The van der Waals surface area contributed by atoms with Crippen molar-refractivity contribution in [1.29, 1.82) is 0 Å². The van der Waals surface area contributed by atoms with Crippen molar-refractivity contribution in [2.24, 2.45) is 5.41 Å². The molecule has 0 rings (SSSR count). The summed E-state index contributed by atoms with van der Waals surface area (Å²) in [4.78, 5) is 39.7. The summed E-state index contributed by atoms with van der Waals surface area (Å²) >= 11 is 0. The van der Waals surface area contributed by atoms with Crippen molar-refractivity contribution in [3.63, 3.8) is 0 Å². The second-order valence-electron chi connectivity index (χ2n) is 4.82. The fourth-order valence-corrected chi connectivity index (χ4v) is 1.36. The highest BCUT2D eigenvalue weighted by Gasteiger charge is 2.23. The first-order valence-electron chi connectivity index (χ1n) is 5.54. The van der Waals surface area contributed by atoms with Crippen LogP contribution >= 0.6 is 8.38 Å². The molecule has 0 aliphatic heterocycles. The van der Waals surface area contributed by atoms with Gasteiger partial charge < -0.3 is 29.7 Å². The van der Waals surface area contributed by atoms with Gasteiger partial charge in [-0.2, -0.15) is 0 Å². The number of alkyl carbamates (subject to hydrolysis) is 1. The number of nitrogens with one attached hydrogen (secondary N) is 1. The van der Waals surface area contributed by atoms with E-state index in [1.807, 2.05) is 0 Å². The Balaban J connectivity index is 3.74. The molecule has 0 saturated heterocycles. The van der Waals surface area contributed by atoms with Crippen molar-refractivity contribution in [2.75, 3.05) is 19.5 Å². The Bertz CT molecular complexity index is 303. The molecule has 0 radical (unpaired) electrons. The van der Waals surface area contributed by atoms with Crippen LogP contribution in [0.3, 0.4) is 0 Å². The van der Waals surface area contributed by atoms with E-state index >= 15 is 0 Å². The molecule has 0 unspecified atom stereocenters. The van der Waals surface area contributed by atoms with Gasteiger partial charge in [0.1, 0.15) is 0 Å². The van der Waals surface area contributed by atoms with Gasteiger partial charge in [0, 0.05) is 12.7 Å². The minimum atomic E-state index is -2.21. The molecule has 1 atom stereocenters. The van der Waals surface area contributed by atoms with Gasteiger partial charge in [-0.3, -0.25) is 4.79 Å². The highest BCUT2D eigenvalue weighted by Crippen LogP contribution is 2.23. The summed E-state index contributed by atoms with van der Waals surface area (Å²) in [5, 5.41) is 11.4. The van der Waals surface area contributed by atoms with Crippen LogP contribution in [0.15, 0.2) is 0 Å². The summed E-state index contributed by atoms with van der Waals surface area (Å²) in [5.74, 6) is -0.508. The molecular formula is C10H20NO7P. The number of carbonyl (C=O) groups is 2. The molecule has 4 N–H and O–H groups in total. The Morgan fingerprint density at radius 1 is 1.26 bits per heavy atom. The minimum absolute atomic E-state index is 0.188. The van der Waals surface area contributed by atoms with E-state index in [9.17, 15) is 14.7 Å². The second kappa shape index (κ2) is 8.27. The molecule has 0 aliphatic rings. The van der Waals surface area contributed by atoms with E-state index in [4.69, 9.17) is 9.79 Å². The molecular weight excluding hydrogens is 277 g/mol. The van der Waals surface area contributed by atoms with Crippen LogP contribution in [0.5, 0.6) is 0 Å². The Kier molecular flexibility index (Phi) is 7.85. The van der Waals surface area contributed by atoms with Crippen molar-refractivity contribution in [3.05, 3.63) is 0 Å².